The minimum absolute atomic E-state index is 0.144. The molecule has 2 aromatic rings. The minimum atomic E-state index is -1.09. The van der Waals surface area contributed by atoms with Gasteiger partial charge in [-0.15, -0.1) is 0 Å². The van der Waals surface area contributed by atoms with Crippen LogP contribution in [0.5, 0.6) is 0 Å². The first-order valence-electron chi connectivity index (χ1n) is 9.21. The van der Waals surface area contributed by atoms with Crippen molar-refractivity contribution in [3.8, 4) is 0 Å². The lowest BCUT2D eigenvalue weighted by Crippen LogP contribution is -2.51. The van der Waals surface area contributed by atoms with Gasteiger partial charge in [-0.1, -0.05) is 55.8 Å². The maximum atomic E-state index is 14.4. The lowest BCUT2D eigenvalue weighted by atomic mass is 9.78. The number of rotatable bonds is 9. The molecule has 0 saturated carbocycles. The molecule has 0 amide bonds. The minimum Gasteiger partial charge on any atom is -0.437 e. The topological polar surface area (TPSA) is 66.4 Å². The summed E-state index contributed by atoms with van der Waals surface area (Å²) in [6.45, 7) is 5.16. The van der Waals surface area contributed by atoms with E-state index in [-0.39, 0.29) is 28.7 Å². The fourth-order valence-corrected chi connectivity index (χ4v) is 3.29. The molecule has 0 aromatic heterocycles. The number of ketones is 2. The van der Waals surface area contributed by atoms with Crippen molar-refractivity contribution in [3.63, 3.8) is 0 Å². The summed E-state index contributed by atoms with van der Waals surface area (Å²) in [7, 11) is -0.920. The second-order valence-electron chi connectivity index (χ2n) is 7.20. The predicted octanol–water partition coefficient (Wildman–Crippen LogP) is 3.81. The highest BCUT2D eigenvalue weighted by atomic mass is 35.5. The average molecular weight is 404 g/mol. The Morgan fingerprint density at radius 1 is 1.18 bits per heavy atom. The first kappa shape index (κ1) is 22.3. The van der Waals surface area contributed by atoms with E-state index in [2.05, 4.69) is 5.23 Å². The molecule has 1 unspecified atom stereocenters. The molecule has 4 nitrogen and oxygen atoms in total. The molecule has 2 atom stereocenters. The summed E-state index contributed by atoms with van der Waals surface area (Å²) < 4.78 is 14.4. The maximum Gasteiger partial charge on any atom is 0.374 e. The van der Waals surface area contributed by atoms with Crippen molar-refractivity contribution >= 4 is 30.2 Å². The van der Waals surface area contributed by atoms with Gasteiger partial charge < -0.3 is 10.3 Å². The molecule has 0 saturated heterocycles. The van der Waals surface area contributed by atoms with E-state index in [1.807, 2.05) is 44.2 Å². The lowest BCUT2D eigenvalue weighted by Gasteiger charge is -2.26. The second-order valence-corrected chi connectivity index (χ2v) is 7.63. The van der Waals surface area contributed by atoms with E-state index in [4.69, 9.17) is 11.6 Å². The zero-order chi connectivity index (χ0) is 20.8. The van der Waals surface area contributed by atoms with Gasteiger partial charge in [0.2, 0.25) is 0 Å². The fourth-order valence-electron chi connectivity index (χ4n) is 3.13. The second kappa shape index (κ2) is 9.96. The summed E-state index contributed by atoms with van der Waals surface area (Å²) in [5, 5.41) is 12.7. The summed E-state index contributed by atoms with van der Waals surface area (Å²) in [4.78, 5) is 26.4. The van der Waals surface area contributed by atoms with Gasteiger partial charge in [0.05, 0.1) is 17.5 Å². The monoisotopic (exact) mass is 403 g/mol. The quantitative estimate of drug-likeness (QED) is 0.379. The number of hydrogen-bond acceptors (Lipinski definition) is 4. The van der Waals surface area contributed by atoms with Crippen LogP contribution in [0.4, 0.5) is 4.39 Å². The molecule has 0 aliphatic rings. The Labute approximate surface area is 170 Å². The zero-order valence-electron chi connectivity index (χ0n) is 16.2. The third kappa shape index (κ3) is 5.74. The number of halogens is 2. The molecular weight excluding hydrogens is 379 g/mol. The molecule has 28 heavy (non-hydrogen) atoms. The van der Waals surface area contributed by atoms with Crippen LogP contribution in [0, 0.1) is 17.7 Å². The summed E-state index contributed by atoms with van der Waals surface area (Å²) in [5.41, 5.74) is 0.626. The molecule has 2 rings (SSSR count). The number of benzene rings is 2. The van der Waals surface area contributed by atoms with Crippen LogP contribution in [-0.2, 0) is 11.2 Å². The molecule has 0 fully saturated rings. The average Bonchev–Trinajstić information content (AvgIpc) is 2.63. The number of carbonyl (C=O) groups excluding carboxylic acids is 2. The van der Waals surface area contributed by atoms with E-state index < -0.39 is 30.6 Å². The Morgan fingerprint density at radius 2 is 1.82 bits per heavy atom. The van der Waals surface area contributed by atoms with Crippen molar-refractivity contribution in [1.82, 2.24) is 5.23 Å². The lowest BCUT2D eigenvalue weighted by molar-refractivity contribution is -0.124. The zero-order valence-corrected chi connectivity index (χ0v) is 16.9. The van der Waals surface area contributed by atoms with Gasteiger partial charge in [-0.05, 0) is 42.9 Å². The Balaban J connectivity index is 2.43. The van der Waals surface area contributed by atoms with E-state index in [1.54, 1.807) is 0 Å². The summed E-state index contributed by atoms with van der Waals surface area (Å²) in [5.74, 6) is -2.98. The predicted molar refractivity (Wildman–Crippen MR) is 110 cm³/mol. The van der Waals surface area contributed by atoms with E-state index in [0.29, 0.717) is 0 Å². The van der Waals surface area contributed by atoms with Gasteiger partial charge in [0.1, 0.15) is 5.82 Å². The van der Waals surface area contributed by atoms with Gasteiger partial charge in [0.15, 0.2) is 11.6 Å². The summed E-state index contributed by atoms with van der Waals surface area (Å²) in [6, 6.07) is 12.2. The molecule has 0 aliphatic carbocycles. The largest absolute Gasteiger partial charge is 0.437 e. The van der Waals surface area contributed by atoms with Crippen molar-refractivity contribution in [1.29, 1.82) is 0 Å². The van der Waals surface area contributed by atoms with Gasteiger partial charge in [0, 0.05) is 5.02 Å². The Hall–Kier alpha value is -2.02. The maximum absolute atomic E-state index is 14.4. The van der Waals surface area contributed by atoms with E-state index >= 15 is 0 Å². The Morgan fingerprint density at radius 3 is 2.36 bits per heavy atom. The van der Waals surface area contributed by atoms with Crippen LogP contribution >= 0.6 is 11.6 Å². The third-order valence-electron chi connectivity index (χ3n) is 4.53. The molecular formula is C21H24BClFNO3. The highest BCUT2D eigenvalue weighted by Crippen LogP contribution is 2.23. The van der Waals surface area contributed by atoms with Gasteiger partial charge in [-0.25, -0.2) is 4.39 Å². The van der Waals surface area contributed by atoms with Crippen LogP contribution in [0.1, 0.15) is 29.8 Å². The molecule has 2 aromatic carbocycles. The van der Waals surface area contributed by atoms with Gasteiger partial charge >= 0.3 is 7.05 Å². The molecule has 148 valence electrons. The molecule has 0 heterocycles. The van der Waals surface area contributed by atoms with Crippen LogP contribution in [-0.4, -0.2) is 29.7 Å². The molecule has 0 radical (unpaired) electrons. The van der Waals surface area contributed by atoms with Crippen LogP contribution in [0.15, 0.2) is 48.5 Å². The highest BCUT2D eigenvalue weighted by Gasteiger charge is 2.36. The molecule has 0 bridgehead atoms. The molecule has 0 spiro atoms. The highest BCUT2D eigenvalue weighted by molar-refractivity contribution is 6.46. The first-order valence-corrected chi connectivity index (χ1v) is 9.59. The molecule has 2 N–H and O–H groups in total. The van der Waals surface area contributed by atoms with Crippen molar-refractivity contribution < 1.29 is 19.0 Å². The standard InChI is InChI=1S/C21H24BClFNO3/c1-13(2)19(25-22(3)28)21(27)17(11-14-7-5-4-6-8-14)20(26)16-10-9-15(23)12-18(16)24/h4-10,12-13,17,19,25,28H,11H2,1-3H3/t17?,19-/m1/s1. The number of hydrogen-bond donors (Lipinski definition) is 2. The van der Waals surface area contributed by atoms with Crippen molar-refractivity contribution in [2.75, 3.05) is 0 Å². The Bertz CT molecular complexity index is 830. The number of carbonyl (C=O) groups is 2. The Kier molecular flexibility index (Phi) is 7.93. The summed E-state index contributed by atoms with van der Waals surface area (Å²) >= 11 is 5.79. The third-order valence-corrected chi connectivity index (χ3v) is 4.77. The van der Waals surface area contributed by atoms with Crippen molar-refractivity contribution in [3.05, 3.63) is 70.5 Å². The van der Waals surface area contributed by atoms with Crippen LogP contribution in [0.25, 0.3) is 0 Å². The summed E-state index contributed by atoms with van der Waals surface area (Å²) in [6.07, 6.45) is 0.144. The van der Waals surface area contributed by atoms with E-state index in [1.165, 1.54) is 19.0 Å². The number of Topliss-reactive ketones (excluding diaryl/α,β-unsaturated/α-hetero) is 2. The number of nitrogens with one attached hydrogen (secondary N) is 1. The van der Waals surface area contributed by atoms with Crippen LogP contribution in [0.3, 0.4) is 0 Å². The van der Waals surface area contributed by atoms with Gasteiger partial charge in [0.25, 0.3) is 0 Å². The normalized spacial score (nSPS) is 13.2. The fraction of sp³-hybridized carbons (Fsp3) is 0.333. The van der Waals surface area contributed by atoms with Crippen LogP contribution < -0.4 is 5.23 Å². The molecule has 7 heteroatoms. The van der Waals surface area contributed by atoms with Crippen molar-refractivity contribution in [2.24, 2.45) is 11.8 Å². The van der Waals surface area contributed by atoms with E-state index in [9.17, 15) is 19.0 Å². The first-order chi connectivity index (χ1) is 13.2. The smallest absolute Gasteiger partial charge is 0.374 e. The van der Waals surface area contributed by atoms with E-state index in [0.717, 1.165) is 11.6 Å². The van der Waals surface area contributed by atoms with Gasteiger partial charge in [-0.3, -0.25) is 9.59 Å². The molecule has 0 aliphatic heterocycles. The van der Waals surface area contributed by atoms with Crippen LogP contribution in [0.2, 0.25) is 11.8 Å². The van der Waals surface area contributed by atoms with Crippen molar-refractivity contribution in [2.45, 2.75) is 33.1 Å². The SMILES string of the molecule is CB(O)N[C@@H](C(=O)C(Cc1ccccc1)C(=O)c1ccc(Cl)cc1F)C(C)C. The van der Waals surface area contributed by atoms with Gasteiger partial charge in [-0.2, -0.15) is 0 Å².